The molecule has 0 saturated carbocycles. The summed E-state index contributed by atoms with van der Waals surface area (Å²) in [5, 5.41) is 0. The molecule has 172 valence electrons. The van der Waals surface area contributed by atoms with Crippen molar-refractivity contribution < 1.29 is 22.8 Å². The first-order chi connectivity index (χ1) is 16.0. The number of piperazine rings is 1. The summed E-state index contributed by atoms with van der Waals surface area (Å²) in [6, 6.07) is 11.2. The van der Waals surface area contributed by atoms with Crippen LogP contribution in [-0.4, -0.2) is 52.8 Å². The van der Waals surface area contributed by atoms with Crippen LogP contribution in [0.1, 0.15) is 35.2 Å². The molecular weight excluding hydrogens is 428 g/mol. The summed E-state index contributed by atoms with van der Waals surface area (Å²) in [5.74, 6) is -1.34. The van der Waals surface area contributed by atoms with Gasteiger partial charge < -0.3 is 14.2 Å². The van der Waals surface area contributed by atoms with Gasteiger partial charge in [-0.25, -0.2) is 13.8 Å². The molecule has 2 aromatic carbocycles. The summed E-state index contributed by atoms with van der Waals surface area (Å²) in [6.07, 6.45) is 2.56. The number of hydrogen-bond donors (Lipinski definition) is 0. The number of hydrogen-bond acceptors (Lipinski definition) is 4. The number of amides is 2. The molecule has 1 aliphatic rings. The Hall–Kier alpha value is -3.55. The molecule has 1 aromatic heterocycles. The molecule has 4 rings (SSSR count). The summed E-state index contributed by atoms with van der Waals surface area (Å²) >= 11 is 0. The van der Waals surface area contributed by atoms with Gasteiger partial charge in [-0.1, -0.05) is 25.1 Å². The molecule has 0 spiro atoms. The third kappa shape index (κ3) is 5.10. The second-order valence-electron chi connectivity index (χ2n) is 7.94. The first-order valence-electron chi connectivity index (χ1n) is 11.0. The lowest BCUT2D eigenvalue weighted by Gasteiger charge is -2.34. The van der Waals surface area contributed by atoms with E-state index in [0.717, 1.165) is 18.6 Å². The fourth-order valence-electron chi connectivity index (χ4n) is 3.87. The van der Waals surface area contributed by atoms with Gasteiger partial charge in [0.05, 0.1) is 11.8 Å². The topological polar surface area (TPSA) is 66.7 Å². The molecule has 1 aliphatic heterocycles. The van der Waals surface area contributed by atoms with E-state index in [1.54, 1.807) is 9.80 Å². The number of aryl methyl sites for hydroxylation is 2. The van der Waals surface area contributed by atoms with Crippen LogP contribution >= 0.6 is 0 Å². The van der Waals surface area contributed by atoms with E-state index in [1.807, 2.05) is 24.3 Å². The molecular formula is C25H25F2N3O3. The van der Waals surface area contributed by atoms with Crippen molar-refractivity contribution in [2.45, 2.75) is 26.2 Å². The summed E-state index contributed by atoms with van der Waals surface area (Å²) in [7, 11) is 0. The third-order valence-electron chi connectivity index (χ3n) is 5.84. The Labute approximate surface area is 190 Å². The quantitative estimate of drug-likeness (QED) is 0.564. The van der Waals surface area contributed by atoms with Gasteiger partial charge in [0.2, 0.25) is 5.91 Å². The van der Waals surface area contributed by atoms with E-state index in [2.05, 4.69) is 11.9 Å². The number of carbonyl (C=O) groups is 2. The van der Waals surface area contributed by atoms with Gasteiger partial charge in [-0.05, 0) is 36.2 Å². The van der Waals surface area contributed by atoms with Crippen molar-refractivity contribution in [2.75, 3.05) is 26.2 Å². The molecule has 0 bridgehead atoms. The molecule has 0 aliphatic carbocycles. The standard InChI is InChI=1S/C25H25F2N3O3/c1-2-17-6-8-18(9-7-17)25(32)30-14-12-29(13-15-30)23(31)11-10-22-28-16-21(33-22)24-19(26)4-3-5-20(24)27/h3-9,16H,2,10-15H2,1H3. The second kappa shape index (κ2) is 9.94. The second-order valence-corrected chi connectivity index (χ2v) is 7.94. The molecule has 33 heavy (non-hydrogen) atoms. The molecule has 0 N–H and O–H groups in total. The maximum absolute atomic E-state index is 13.9. The van der Waals surface area contributed by atoms with Crippen molar-refractivity contribution in [2.24, 2.45) is 0 Å². The Morgan fingerprint density at radius 2 is 1.61 bits per heavy atom. The highest BCUT2D eigenvalue weighted by Gasteiger charge is 2.25. The molecule has 0 unspecified atom stereocenters. The first-order valence-corrected chi connectivity index (χ1v) is 11.0. The maximum atomic E-state index is 13.9. The van der Waals surface area contributed by atoms with Crippen LogP contribution in [-0.2, 0) is 17.6 Å². The molecule has 1 saturated heterocycles. The highest BCUT2D eigenvalue weighted by Crippen LogP contribution is 2.27. The number of nitrogens with zero attached hydrogens (tertiary/aromatic N) is 3. The molecule has 2 heterocycles. The molecule has 3 aromatic rings. The van der Waals surface area contributed by atoms with Crippen molar-refractivity contribution in [1.82, 2.24) is 14.8 Å². The smallest absolute Gasteiger partial charge is 0.253 e. The Morgan fingerprint density at radius 3 is 2.24 bits per heavy atom. The SMILES string of the molecule is CCc1ccc(C(=O)N2CCN(C(=O)CCc3ncc(-c4c(F)cccc4F)o3)CC2)cc1. The van der Waals surface area contributed by atoms with E-state index in [9.17, 15) is 18.4 Å². The molecule has 0 atom stereocenters. The zero-order valence-electron chi connectivity index (χ0n) is 18.4. The van der Waals surface area contributed by atoms with Crippen molar-refractivity contribution in [3.8, 4) is 11.3 Å². The molecule has 2 amide bonds. The lowest BCUT2D eigenvalue weighted by atomic mass is 10.1. The minimum absolute atomic E-state index is 0.00727. The highest BCUT2D eigenvalue weighted by atomic mass is 19.1. The number of aromatic nitrogens is 1. The lowest BCUT2D eigenvalue weighted by Crippen LogP contribution is -2.50. The number of oxazole rings is 1. The highest BCUT2D eigenvalue weighted by molar-refractivity contribution is 5.94. The summed E-state index contributed by atoms with van der Waals surface area (Å²) in [4.78, 5) is 32.8. The third-order valence-corrected chi connectivity index (χ3v) is 5.84. The van der Waals surface area contributed by atoms with Gasteiger partial charge in [0.25, 0.3) is 5.91 Å². The Bertz CT molecular complexity index is 1120. The van der Waals surface area contributed by atoms with Crippen molar-refractivity contribution in [3.63, 3.8) is 0 Å². The Balaban J connectivity index is 1.28. The predicted octanol–water partition coefficient (Wildman–Crippen LogP) is 4.10. The van der Waals surface area contributed by atoms with Crippen LogP contribution in [0.2, 0.25) is 0 Å². The minimum atomic E-state index is -0.734. The van der Waals surface area contributed by atoms with Crippen LogP contribution in [0.5, 0.6) is 0 Å². The molecule has 6 nitrogen and oxygen atoms in total. The molecule has 8 heteroatoms. The monoisotopic (exact) mass is 453 g/mol. The largest absolute Gasteiger partial charge is 0.441 e. The van der Waals surface area contributed by atoms with Gasteiger partial charge >= 0.3 is 0 Å². The van der Waals surface area contributed by atoms with Crippen LogP contribution in [0.25, 0.3) is 11.3 Å². The van der Waals surface area contributed by atoms with Crippen molar-refractivity contribution in [3.05, 3.63) is 77.3 Å². The van der Waals surface area contributed by atoms with Crippen molar-refractivity contribution in [1.29, 1.82) is 0 Å². The molecule has 1 fully saturated rings. The fraction of sp³-hybridized carbons (Fsp3) is 0.320. The van der Waals surface area contributed by atoms with E-state index in [-0.39, 0.29) is 41.9 Å². The van der Waals surface area contributed by atoms with Crippen LogP contribution in [0, 0.1) is 11.6 Å². The van der Waals surface area contributed by atoms with E-state index < -0.39 is 11.6 Å². The fourth-order valence-corrected chi connectivity index (χ4v) is 3.87. The summed E-state index contributed by atoms with van der Waals surface area (Å²) < 4.78 is 33.3. The summed E-state index contributed by atoms with van der Waals surface area (Å²) in [5.41, 5.74) is 1.56. The van der Waals surface area contributed by atoms with Crippen LogP contribution < -0.4 is 0 Å². The Kier molecular flexibility index (Phi) is 6.82. The Morgan fingerprint density at radius 1 is 0.970 bits per heavy atom. The number of rotatable bonds is 6. The first kappa shape index (κ1) is 22.6. The number of benzene rings is 2. The lowest BCUT2D eigenvalue weighted by molar-refractivity contribution is -0.132. The van der Waals surface area contributed by atoms with Gasteiger partial charge in [-0.15, -0.1) is 0 Å². The molecule has 0 radical (unpaired) electrons. The number of halogens is 2. The zero-order chi connectivity index (χ0) is 23.4. The normalized spacial score (nSPS) is 13.9. The van der Waals surface area contributed by atoms with E-state index in [4.69, 9.17) is 4.42 Å². The van der Waals surface area contributed by atoms with Gasteiger partial charge in [0, 0.05) is 44.6 Å². The number of carbonyl (C=O) groups excluding carboxylic acids is 2. The average molecular weight is 453 g/mol. The van der Waals surface area contributed by atoms with Crippen LogP contribution in [0.15, 0.2) is 53.1 Å². The van der Waals surface area contributed by atoms with Gasteiger partial charge in [0.1, 0.15) is 11.6 Å². The van der Waals surface area contributed by atoms with Gasteiger partial charge in [0.15, 0.2) is 11.7 Å². The zero-order valence-corrected chi connectivity index (χ0v) is 18.4. The van der Waals surface area contributed by atoms with Gasteiger partial charge in [-0.3, -0.25) is 9.59 Å². The van der Waals surface area contributed by atoms with Crippen LogP contribution in [0.4, 0.5) is 8.78 Å². The minimum Gasteiger partial charge on any atom is -0.441 e. The van der Waals surface area contributed by atoms with Gasteiger partial charge in [-0.2, -0.15) is 0 Å². The van der Waals surface area contributed by atoms with E-state index in [1.165, 1.54) is 17.8 Å². The summed E-state index contributed by atoms with van der Waals surface area (Å²) in [6.45, 7) is 3.91. The maximum Gasteiger partial charge on any atom is 0.253 e. The van der Waals surface area contributed by atoms with E-state index in [0.29, 0.717) is 31.7 Å². The average Bonchev–Trinajstić information content (AvgIpc) is 3.30. The predicted molar refractivity (Wildman–Crippen MR) is 118 cm³/mol. The van der Waals surface area contributed by atoms with Crippen LogP contribution in [0.3, 0.4) is 0 Å². The van der Waals surface area contributed by atoms with Crippen molar-refractivity contribution >= 4 is 11.8 Å². The van der Waals surface area contributed by atoms with E-state index >= 15 is 0 Å².